The molecule has 1 aliphatic rings. The largest absolute Gasteiger partial charge is 0.497 e. The second-order valence-corrected chi connectivity index (χ2v) is 6.44. The molecule has 27 heavy (non-hydrogen) atoms. The predicted octanol–water partition coefficient (Wildman–Crippen LogP) is 2.16. The van der Waals surface area contributed by atoms with Crippen LogP contribution in [0.1, 0.15) is 16.8 Å². The number of carbonyl (C=O) groups is 2. The van der Waals surface area contributed by atoms with Crippen LogP contribution in [-0.2, 0) is 4.79 Å². The molecule has 1 saturated heterocycles. The Morgan fingerprint density at radius 1 is 1.00 bits per heavy atom. The topological polar surface area (TPSA) is 61.9 Å². The summed E-state index contributed by atoms with van der Waals surface area (Å²) >= 11 is 0. The van der Waals surface area contributed by atoms with Gasteiger partial charge in [0.2, 0.25) is 5.91 Å². The summed E-state index contributed by atoms with van der Waals surface area (Å²) in [4.78, 5) is 28.5. The number of amides is 2. The zero-order chi connectivity index (χ0) is 19.1. The summed E-state index contributed by atoms with van der Waals surface area (Å²) in [6.07, 6.45) is 0.317. The molecule has 0 aromatic heterocycles. The number of nitrogens with zero attached hydrogens (tertiary/aromatic N) is 2. The average molecular weight is 367 g/mol. The van der Waals surface area contributed by atoms with E-state index in [0.717, 1.165) is 24.5 Å². The summed E-state index contributed by atoms with van der Waals surface area (Å²) in [7, 11) is 1.66. The zero-order valence-electron chi connectivity index (χ0n) is 15.6. The molecule has 2 amide bonds. The number of nitrogens with one attached hydrogen (secondary N) is 1. The van der Waals surface area contributed by atoms with Crippen molar-refractivity contribution in [1.82, 2.24) is 10.2 Å². The lowest BCUT2D eigenvalue weighted by Gasteiger charge is -2.36. The van der Waals surface area contributed by atoms with Crippen LogP contribution < -0.4 is 15.0 Å². The lowest BCUT2D eigenvalue weighted by Crippen LogP contribution is -2.49. The smallest absolute Gasteiger partial charge is 0.251 e. The molecule has 0 saturated carbocycles. The van der Waals surface area contributed by atoms with Gasteiger partial charge in [0.15, 0.2) is 0 Å². The van der Waals surface area contributed by atoms with E-state index >= 15 is 0 Å². The van der Waals surface area contributed by atoms with Crippen LogP contribution in [0, 0.1) is 0 Å². The van der Waals surface area contributed by atoms with Crippen molar-refractivity contribution >= 4 is 17.5 Å². The molecule has 0 bridgehead atoms. The summed E-state index contributed by atoms with van der Waals surface area (Å²) in [6.45, 7) is 3.29. The van der Waals surface area contributed by atoms with Crippen LogP contribution in [0.2, 0.25) is 0 Å². The van der Waals surface area contributed by atoms with Crippen LogP contribution in [0.3, 0.4) is 0 Å². The maximum absolute atomic E-state index is 12.4. The number of benzene rings is 2. The Morgan fingerprint density at radius 3 is 2.44 bits per heavy atom. The first kappa shape index (κ1) is 18.8. The molecule has 0 spiro atoms. The molecule has 0 aliphatic carbocycles. The highest BCUT2D eigenvalue weighted by Gasteiger charge is 2.21. The van der Waals surface area contributed by atoms with Crippen LogP contribution in [0.5, 0.6) is 5.75 Å². The fourth-order valence-electron chi connectivity index (χ4n) is 3.15. The monoisotopic (exact) mass is 367 g/mol. The molecule has 0 atom stereocenters. The van der Waals surface area contributed by atoms with E-state index in [-0.39, 0.29) is 11.8 Å². The van der Waals surface area contributed by atoms with Crippen molar-refractivity contribution in [3.63, 3.8) is 0 Å². The second kappa shape index (κ2) is 9.07. The van der Waals surface area contributed by atoms with Gasteiger partial charge in [0.25, 0.3) is 5.91 Å². The highest BCUT2D eigenvalue weighted by Crippen LogP contribution is 2.22. The molecule has 2 aromatic rings. The Morgan fingerprint density at radius 2 is 1.74 bits per heavy atom. The first-order chi connectivity index (χ1) is 13.2. The molecule has 1 heterocycles. The lowest BCUT2D eigenvalue weighted by atomic mass is 10.2. The van der Waals surface area contributed by atoms with Gasteiger partial charge in [-0.1, -0.05) is 24.3 Å². The van der Waals surface area contributed by atoms with Gasteiger partial charge >= 0.3 is 0 Å². The molecule has 1 N–H and O–H groups in total. The molecule has 0 radical (unpaired) electrons. The standard InChI is InChI=1S/C21H25N3O3/c1-27-19-9-5-8-18(16-19)23-12-14-24(15-13-23)20(25)10-11-22-21(26)17-6-3-2-4-7-17/h2-9,16H,10-15H2,1H3,(H,22,26). The van der Waals surface area contributed by atoms with Gasteiger partial charge in [-0.2, -0.15) is 0 Å². The number of ether oxygens (including phenoxy) is 1. The number of carbonyl (C=O) groups excluding carboxylic acids is 2. The molecule has 0 unspecified atom stereocenters. The number of hydrogen-bond donors (Lipinski definition) is 1. The van der Waals surface area contributed by atoms with Crippen molar-refractivity contribution in [1.29, 1.82) is 0 Å². The molecule has 3 rings (SSSR count). The minimum Gasteiger partial charge on any atom is -0.497 e. The van der Waals surface area contributed by atoms with Gasteiger partial charge in [-0.3, -0.25) is 9.59 Å². The molecular formula is C21H25N3O3. The van der Waals surface area contributed by atoms with Gasteiger partial charge in [0.05, 0.1) is 7.11 Å². The maximum atomic E-state index is 12.4. The predicted molar refractivity (Wildman–Crippen MR) is 105 cm³/mol. The Labute approximate surface area is 159 Å². The van der Waals surface area contributed by atoms with Crippen LogP contribution in [-0.4, -0.2) is 56.5 Å². The van der Waals surface area contributed by atoms with E-state index in [1.165, 1.54) is 0 Å². The summed E-state index contributed by atoms with van der Waals surface area (Å²) in [5, 5.41) is 2.81. The Hall–Kier alpha value is -3.02. The van der Waals surface area contributed by atoms with Gasteiger partial charge in [0, 0.05) is 56.5 Å². The third-order valence-electron chi connectivity index (χ3n) is 4.71. The van der Waals surface area contributed by atoms with Gasteiger partial charge in [-0.15, -0.1) is 0 Å². The molecule has 2 aromatic carbocycles. The molecule has 6 heteroatoms. The Kier molecular flexibility index (Phi) is 6.30. The molecule has 142 valence electrons. The number of anilines is 1. The first-order valence-electron chi connectivity index (χ1n) is 9.17. The SMILES string of the molecule is COc1cccc(N2CCN(C(=O)CCNC(=O)c3ccccc3)CC2)c1. The number of hydrogen-bond acceptors (Lipinski definition) is 4. The van der Waals surface area contributed by atoms with E-state index in [4.69, 9.17) is 4.74 Å². The number of rotatable bonds is 6. The van der Waals surface area contributed by atoms with Gasteiger partial charge in [-0.05, 0) is 24.3 Å². The van der Waals surface area contributed by atoms with Crippen molar-refractivity contribution in [2.75, 3.05) is 44.7 Å². The van der Waals surface area contributed by atoms with Gasteiger partial charge in [-0.25, -0.2) is 0 Å². The van der Waals surface area contributed by atoms with Crippen molar-refractivity contribution in [3.05, 3.63) is 60.2 Å². The van der Waals surface area contributed by atoms with Crippen LogP contribution in [0.4, 0.5) is 5.69 Å². The van der Waals surface area contributed by atoms with Gasteiger partial charge in [0.1, 0.15) is 5.75 Å². The minimum absolute atomic E-state index is 0.0775. The summed E-state index contributed by atoms with van der Waals surface area (Å²) in [6, 6.07) is 17.0. The van der Waals surface area contributed by atoms with E-state index in [9.17, 15) is 9.59 Å². The quantitative estimate of drug-likeness (QED) is 0.850. The van der Waals surface area contributed by atoms with Crippen LogP contribution in [0.25, 0.3) is 0 Å². The van der Waals surface area contributed by atoms with E-state index < -0.39 is 0 Å². The highest BCUT2D eigenvalue weighted by molar-refractivity contribution is 5.94. The third kappa shape index (κ3) is 5.00. The van der Waals surface area contributed by atoms with E-state index in [1.807, 2.05) is 41.3 Å². The van der Waals surface area contributed by atoms with E-state index in [2.05, 4.69) is 16.3 Å². The molecule has 6 nitrogen and oxygen atoms in total. The zero-order valence-corrected chi connectivity index (χ0v) is 15.6. The molecule has 1 fully saturated rings. The number of methoxy groups -OCH3 is 1. The molecular weight excluding hydrogens is 342 g/mol. The molecule has 1 aliphatic heterocycles. The fourth-order valence-corrected chi connectivity index (χ4v) is 3.15. The third-order valence-corrected chi connectivity index (χ3v) is 4.71. The Balaban J connectivity index is 1.42. The normalized spacial score (nSPS) is 14.0. The van der Waals surface area contributed by atoms with E-state index in [0.29, 0.717) is 31.6 Å². The minimum atomic E-state index is -0.147. The highest BCUT2D eigenvalue weighted by atomic mass is 16.5. The van der Waals surface area contributed by atoms with Crippen molar-refractivity contribution in [2.24, 2.45) is 0 Å². The summed E-state index contributed by atoms with van der Waals surface area (Å²) in [5.41, 5.74) is 1.72. The number of piperazine rings is 1. The Bertz CT molecular complexity index is 771. The average Bonchev–Trinajstić information content (AvgIpc) is 2.74. The van der Waals surface area contributed by atoms with Crippen molar-refractivity contribution in [2.45, 2.75) is 6.42 Å². The van der Waals surface area contributed by atoms with Gasteiger partial charge < -0.3 is 19.9 Å². The second-order valence-electron chi connectivity index (χ2n) is 6.44. The summed E-state index contributed by atoms with van der Waals surface area (Å²) < 4.78 is 5.27. The van der Waals surface area contributed by atoms with Crippen molar-refractivity contribution < 1.29 is 14.3 Å². The van der Waals surface area contributed by atoms with Crippen LogP contribution in [0.15, 0.2) is 54.6 Å². The fraction of sp³-hybridized carbons (Fsp3) is 0.333. The van der Waals surface area contributed by atoms with E-state index in [1.54, 1.807) is 19.2 Å². The summed E-state index contributed by atoms with van der Waals surface area (Å²) in [5.74, 6) is 0.764. The van der Waals surface area contributed by atoms with Crippen LogP contribution >= 0.6 is 0 Å². The maximum Gasteiger partial charge on any atom is 0.251 e. The lowest BCUT2D eigenvalue weighted by molar-refractivity contribution is -0.131. The van der Waals surface area contributed by atoms with Crippen molar-refractivity contribution in [3.8, 4) is 5.75 Å². The first-order valence-corrected chi connectivity index (χ1v) is 9.17.